The maximum Gasteiger partial charge on any atom is 0.164 e. The molecule has 59 heavy (non-hydrogen) atoms. The summed E-state index contributed by atoms with van der Waals surface area (Å²) in [5.41, 5.74) is 11.2. The third kappa shape index (κ3) is 13.5. The number of nitrogens with zero attached hydrogens (tertiary/aromatic N) is 2. The molecule has 1 N–H and O–H groups in total. The third-order valence-corrected chi connectivity index (χ3v) is 11.1. The fourth-order valence-corrected chi connectivity index (χ4v) is 7.39. The fraction of sp³-hybridized carbons (Fsp3) is 0.389. The standard InChI is InChI=1S/C22H24N.C18H16N.C14H26O2.Ir/c1-15-10-16(2)12-19(11-15)21-20-7-6-17(14-22(3,4)5)13-18(20)8-9-23-21;1-12-4-5-17-15(9-12)6-7-19-18(17)16-10-13(2)8-14(3)11-16;1-6-11(7-2)12(15)10-13(16)14(5,8-3)9-4;/h6-11,13H,14H2,1-5H3;4-10H,1-3H3;10-11,15H,6-9H2,1-5H3;/q2*-1;;/b;;12-10-;/i;7D;;. The summed E-state index contributed by atoms with van der Waals surface area (Å²) in [7, 11) is 0. The molecular weight excluding hydrogens is 901 g/mol. The van der Waals surface area contributed by atoms with E-state index < -0.39 is 0 Å². The molecule has 0 aliphatic carbocycles. The number of aryl methyl sites for hydroxylation is 5. The normalized spacial score (nSPS) is 12.0. The Morgan fingerprint density at radius 1 is 0.712 bits per heavy atom. The van der Waals surface area contributed by atoms with Crippen molar-refractivity contribution in [2.75, 3.05) is 0 Å². The van der Waals surface area contributed by atoms with Gasteiger partial charge in [-0.15, -0.1) is 69.8 Å². The van der Waals surface area contributed by atoms with Gasteiger partial charge in [-0.1, -0.05) is 125 Å². The van der Waals surface area contributed by atoms with E-state index in [9.17, 15) is 9.90 Å². The third-order valence-electron chi connectivity index (χ3n) is 11.1. The maximum absolute atomic E-state index is 12.0. The number of carbonyl (C=O) groups is 1. The first-order valence-electron chi connectivity index (χ1n) is 21.5. The van der Waals surface area contributed by atoms with Crippen molar-refractivity contribution >= 4 is 27.3 Å². The number of benzene rings is 4. The van der Waals surface area contributed by atoms with Gasteiger partial charge in [0, 0.05) is 49.9 Å². The first kappa shape index (κ1) is 47.2. The van der Waals surface area contributed by atoms with E-state index in [1.165, 1.54) is 39.1 Å². The molecule has 0 amide bonds. The molecule has 2 aromatic heterocycles. The summed E-state index contributed by atoms with van der Waals surface area (Å²) < 4.78 is 7.92. The SMILES string of the molecule is CCC(CC)/C(O)=C/C(=O)C(C)(CC)CC.Cc1[c-]c(-c2nccc3cc(CC(C)(C)C)ccc23)cc(C)c1.[2H]c1cc2cc(C)ccc2c(-c2[c-]c(C)cc(C)c2)n1.[Ir]. The van der Waals surface area contributed by atoms with Crippen LogP contribution in [0.3, 0.4) is 0 Å². The van der Waals surface area contributed by atoms with Crippen molar-refractivity contribution in [2.45, 2.75) is 122 Å². The van der Waals surface area contributed by atoms with Gasteiger partial charge in [-0.2, -0.15) is 0 Å². The van der Waals surface area contributed by atoms with Crippen LogP contribution in [0.4, 0.5) is 0 Å². The average Bonchev–Trinajstić information content (AvgIpc) is 3.16. The van der Waals surface area contributed by atoms with Crippen molar-refractivity contribution in [1.82, 2.24) is 9.97 Å². The minimum atomic E-state index is -0.319. The van der Waals surface area contributed by atoms with E-state index in [1.54, 1.807) is 0 Å². The van der Waals surface area contributed by atoms with Crippen molar-refractivity contribution in [3.63, 3.8) is 0 Å². The van der Waals surface area contributed by atoms with Gasteiger partial charge in [0.1, 0.15) is 0 Å². The van der Waals surface area contributed by atoms with Crippen LogP contribution in [0.5, 0.6) is 0 Å². The summed E-state index contributed by atoms with van der Waals surface area (Å²) in [4.78, 5) is 21.1. The van der Waals surface area contributed by atoms with Gasteiger partial charge in [0.05, 0.1) is 7.13 Å². The van der Waals surface area contributed by atoms with E-state index in [-0.39, 0.29) is 43.0 Å². The molecule has 0 spiro atoms. The van der Waals surface area contributed by atoms with Crippen LogP contribution in [-0.4, -0.2) is 20.9 Å². The van der Waals surface area contributed by atoms with Crippen molar-refractivity contribution in [3.8, 4) is 22.5 Å². The zero-order valence-corrected chi connectivity index (χ0v) is 40.2. The molecule has 315 valence electrons. The number of fused-ring (bicyclic) bond motifs is 2. The van der Waals surface area contributed by atoms with Gasteiger partial charge in [0.15, 0.2) is 5.78 Å². The van der Waals surface area contributed by atoms with Gasteiger partial charge in [-0.05, 0) is 95.1 Å². The fourth-order valence-electron chi connectivity index (χ4n) is 7.39. The average molecular weight is 968 g/mol. The minimum absolute atomic E-state index is 0. The molecule has 5 heteroatoms. The number of pyridine rings is 2. The smallest absolute Gasteiger partial charge is 0.164 e. The van der Waals surface area contributed by atoms with E-state index in [4.69, 9.17) is 1.37 Å². The molecule has 0 aliphatic rings. The van der Waals surface area contributed by atoms with Gasteiger partial charge in [-0.3, -0.25) is 4.79 Å². The van der Waals surface area contributed by atoms with E-state index in [2.05, 4.69) is 137 Å². The van der Waals surface area contributed by atoms with E-state index in [1.807, 2.05) is 53.8 Å². The Morgan fingerprint density at radius 2 is 1.24 bits per heavy atom. The quantitative estimate of drug-likeness (QED) is 0.0844. The van der Waals surface area contributed by atoms with E-state index in [0.29, 0.717) is 11.6 Å². The van der Waals surface area contributed by atoms with Crippen molar-refractivity contribution in [2.24, 2.45) is 16.7 Å². The van der Waals surface area contributed by atoms with Crippen LogP contribution in [0, 0.1) is 63.5 Å². The molecule has 0 saturated carbocycles. The number of hydrogen-bond donors (Lipinski definition) is 1. The van der Waals surface area contributed by atoms with Crippen LogP contribution in [0.25, 0.3) is 44.1 Å². The molecule has 0 saturated heterocycles. The number of hydrogen-bond acceptors (Lipinski definition) is 4. The molecule has 6 aromatic rings. The molecule has 1 radical (unpaired) electrons. The number of aromatic nitrogens is 2. The summed E-state index contributed by atoms with van der Waals surface area (Å²) in [6, 6.07) is 32.2. The van der Waals surface area contributed by atoms with Crippen molar-refractivity contribution in [1.29, 1.82) is 0 Å². The maximum atomic E-state index is 12.0. The Morgan fingerprint density at radius 3 is 1.75 bits per heavy atom. The van der Waals surface area contributed by atoms with Crippen LogP contribution < -0.4 is 0 Å². The Hall–Kier alpha value is -4.44. The number of allylic oxidation sites excluding steroid dienone is 2. The Bertz CT molecular complexity index is 2370. The van der Waals surface area contributed by atoms with Gasteiger partial charge < -0.3 is 15.1 Å². The number of aliphatic hydroxyl groups is 1. The summed E-state index contributed by atoms with van der Waals surface area (Å²) in [6.45, 7) is 27.3. The molecule has 4 aromatic carbocycles. The van der Waals surface area contributed by atoms with Crippen molar-refractivity contribution in [3.05, 3.63) is 143 Å². The number of carbonyl (C=O) groups excluding carboxylic acids is 1. The van der Waals surface area contributed by atoms with Gasteiger partial charge >= 0.3 is 0 Å². The van der Waals surface area contributed by atoms with Crippen LogP contribution in [0.2, 0.25) is 0 Å². The molecule has 0 aliphatic heterocycles. The van der Waals surface area contributed by atoms with Crippen LogP contribution in [0.1, 0.15) is 116 Å². The van der Waals surface area contributed by atoms with E-state index >= 15 is 0 Å². The Labute approximate surface area is 370 Å². The largest absolute Gasteiger partial charge is 0.512 e. The van der Waals surface area contributed by atoms with Crippen LogP contribution in [0.15, 0.2) is 97.0 Å². The molecule has 0 unspecified atom stereocenters. The number of rotatable bonds is 10. The second kappa shape index (κ2) is 21.7. The van der Waals surface area contributed by atoms with Gasteiger partial charge in [0.2, 0.25) is 0 Å². The van der Waals surface area contributed by atoms with Gasteiger partial charge in [0.25, 0.3) is 0 Å². The molecule has 0 atom stereocenters. The monoisotopic (exact) mass is 968 g/mol. The summed E-state index contributed by atoms with van der Waals surface area (Å²) >= 11 is 0. The predicted molar refractivity (Wildman–Crippen MR) is 247 cm³/mol. The first-order chi connectivity index (χ1) is 27.8. The molecular formula is C54H66IrN2O2-2. The second-order valence-corrected chi connectivity index (χ2v) is 17.5. The van der Waals surface area contributed by atoms with Crippen LogP contribution >= 0.6 is 0 Å². The summed E-state index contributed by atoms with van der Waals surface area (Å²) in [6.07, 6.45) is 8.11. The molecule has 2 heterocycles. The molecule has 0 fully saturated rings. The van der Waals surface area contributed by atoms with Crippen LogP contribution in [-0.2, 0) is 31.3 Å². The molecule has 6 rings (SSSR count). The number of aliphatic hydroxyl groups excluding tert-OH is 1. The Kier molecular flexibility index (Phi) is 17.4. The topological polar surface area (TPSA) is 63.1 Å². The first-order valence-corrected chi connectivity index (χ1v) is 21.0. The summed E-state index contributed by atoms with van der Waals surface area (Å²) in [5, 5.41) is 14.5. The predicted octanol–water partition coefficient (Wildman–Crippen LogP) is 14.8. The molecule has 0 bridgehead atoms. The zero-order valence-electron chi connectivity index (χ0n) is 38.8. The van der Waals surface area contributed by atoms with Gasteiger partial charge in [-0.25, -0.2) is 0 Å². The van der Waals surface area contributed by atoms with E-state index in [0.717, 1.165) is 76.5 Å². The zero-order chi connectivity index (χ0) is 43.7. The van der Waals surface area contributed by atoms with Crippen molar-refractivity contribution < 1.29 is 31.4 Å². The second-order valence-electron chi connectivity index (χ2n) is 17.5. The number of ketones is 1. The molecule has 4 nitrogen and oxygen atoms in total. The Balaban J connectivity index is 0.000000243. The summed E-state index contributed by atoms with van der Waals surface area (Å²) in [5.74, 6) is 0.437. The minimum Gasteiger partial charge on any atom is -0.512 e.